The zero-order chi connectivity index (χ0) is 17.0. The number of fused-ring (bicyclic) bond motifs is 9. The zero-order valence-electron chi connectivity index (χ0n) is 14.2. The van der Waals surface area contributed by atoms with Crippen LogP contribution >= 0.6 is 12.2 Å². The fraction of sp³-hybridized carbons (Fsp3) is 0.524. The van der Waals surface area contributed by atoms with Gasteiger partial charge >= 0.3 is 0 Å². The lowest BCUT2D eigenvalue weighted by Crippen LogP contribution is -2.43. The van der Waals surface area contributed by atoms with Gasteiger partial charge in [-0.25, -0.2) is 0 Å². The highest BCUT2D eigenvalue weighted by Gasteiger charge is 2.60. The van der Waals surface area contributed by atoms with Crippen LogP contribution < -0.4 is 10.6 Å². The molecule has 0 radical (unpaired) electrons. The van der Waals surface area contributed by atoms with Crippen LogP contribution in [0, 0.1) is 41.4 Å². The Kier molecular flexibility index (Phi) is 3.70. The van der Waals surface area contributed by atoms with Gasteiger partial charge in [0.05, 0.1) is 0 Å². The molecular formula is C21H24N2OS. The van der Waals surface area contributed by atoms with Gasteiger partial charge in [-0.15, -0.1) is 0 Å². The van der Waals surface area contributed by atoms with Gasteiger partial charge in [0.25, 0.3) is 5.91 Å². The van der Waals surface area contributed by atoms with E-state index in [2.05, 4.69) is 22.8 Å². The second-order valence-corrected chi connectivity index (χ2v) is 8.70. The molecule has 0 heterocycles. The summed E-state index contributed by atoms with van der Waals surface area (Å²) in [6.45, 7) is 0.902. The van der Waals surface area contributed by atoms with Crippen LogP contribution in [0.1, 0.15) is 29.6 Å². The molecule has 4 aliphatic rings. The van der Waals surface area contributed by atoms with Crippen LogP contribution in [-0.4, -0.2) is 17.6 Å². The first-order valence-electron chi connectivity index (χ1n) is 9.53. The van der Waals surface area contributed by atoms with Crippen molar-refractivity contribution >= 4 is 23.2 Å². The van der Waals surface area contributed by atoms with Crippen LogP contribution in [0.4, 0.5) is 0 Å². The first kappa shape index (κ1) is 15.6. The Morgan fingerprint density at radius 3 is 2.60 bits per heavy atom. The van der Waals surface area contributed by atoms with Gasteiger partial charge in [0, 0.05) is 12.1 Å². The molecule has 4 aliphatic carbocycles. The number of allylic oxidation sites excluding steroid dienone is 2. The largest absolute Gasteiger partial charge is 0.362 e. The molecule has 7 atom stereocenters. The quantitative estimate of drug-likeness (QED) is 0.498. The summed E-state index contributed by atoms with van der Waals surface area (Å²) in [7, 11) is 0. The van der Waals surface area contributed by atoms with E-state index in [-0.39, 0.29) is 5.91 Å². The van der Waals surface area contributed by atoms with Crippen molar-refractivity contribution < 1.29 is 4.79 Å². The molecular weight excluding hydrogens is 328 g/mol. The molecule has 25 heavy (non-hydrogen) atoms. The Labute approximate surface area is 154 Å². The minimum atomic E-state index is -0.135. The minimum absolute atomic E-state index is 0.135. The summed E-state index contributed by atoms with van der Waals surface area (Å²) in [5, 5.41) is 6.58. The number of amides is 1. The summed E-state index contributed by atoms with van der Waals surface area (Å²) in [4.78, 5) is 12.2. The molecule has 0 saturated heterocycles. The van der Waals surface area contributed by atoms with Crippen molar-refractivity contribution in [1.29, 1.82) is 0 Å². The van der Waals surface area contributed by atoms with Crippen molar-refractivity contribution in [3.63, 3.8) is 0 Å². The topological polar surface area (TPSA) is 41.1 Å². The SMILES string of the molecule is O=C(NC(=S)NC[C@H]1C[C@H]2C[C@@H]1[C@H]1[C@@H]2[C@H]2C=C[C@@H]1C2)c1ccccc1. The van der Waals surface area contributed by atoms with E-state index < -0.39 is 0 Å². The Morgan fingerprint density at radius 1 is 1.04 bits per heavy atom. The second-order valence-electron chi connectivity index (χ2n) is 8.29. The van der Waals surface area contributed by atoms with Crippen molar-refractivity contribution in [2.24, 2.45) is 41.4 Å². The molecule has 1 aromatic carbocycles. The lowest BCUT2D eigenvalue weighted by atomic mass is 9.69. The van der Waals surface area contributed by atoms with E-state index in [1.165, 1.54) is 19.3 Å². The average molecular weight is 353 g/mol. The van der Waals surface area contributed by atoms with E-state index >= 15 is 0 Å². The first-order valence-corrected chi connectivity index (χ1v) is 9.94. The number of carbonyl (C=O) groups excluding carboxylic acids is 1. The molecule has 2 N–H and O–H groups in total. The summed E-state index contributed by atoms with van der Waals surface area (Å²) in [6.07, 6.45) is 9.15. The molecule has 3 fully saturated rings. The minimum Gasteiger partial charge on any atom is -0.362 e. The smallest absolute Gasteiger partial charge is 0.257 e. The highest BCUT2D eigenvalue weighted by atomic mass is 32.1. The summed E-state index contributed by atoms with van der Waals surface area (Å²) >= 11 is 5.34. The molecule has 130 valence electrons. The van der Waals surface area contributed by atoms with Crippen LogP contribution in [0.3, 0.4) is 0 Å². The zero-order valence-corrected chi connectivity index (χ0v) is 15.0. The van der Waals surface area contributed by atoms with E-state index in [0.29, 0.717) is 16.6 Å². The van der Waals surface area contributed by atoms with Crippen LogP contribution in [-0.2, 0) is 0 Å². The van der Waals surface area contributed by atoms with Gasteiger partial charge in [-0.3, -0.25) is 10.1 Å². The summed E-state index contributed by atoms with van der Waals surface area (Å²) in [5.74, 6) is 5.98. The predicted molar refractivity (Wildman–Crippen MR) is 102 cm³/mol. The Balaban J connectivity index is 1.16. The lowest BCUT2D eigenvalue weighted by molar-refractivity contribution is 0.0976. The number of benzene rings is 1. The van der Waals surface area contributed by atoms with Crippen LogP contribution in [0.25, 0.3) is 0 Å². The van der Waals surface area contributed by atoms with E-state index in [4.69, 9.17) is 12.2 Å². The van der Waals surface area contributed by atoms with Crippen molar-refractivity contribution in [3.8, 4) is 0 Å². The molecule has 0 spiro atoms. The Hall–Kier alpha value is -1.68. The van der Waals surface area contributed by atoms with Gasteiger partial charge in [-0.2, -0.15) is 0 Å². The number of hydrogen-bond acceptors (Lipinski definition) is 2. The summed E-state index contributed by atoms with van der Waals surface area (Å²) < 4.78 is 0. The van der Waals surface area contributed by atoms with Gasteiger partial charge in [-0.05, 0) is 85.0 Å². The molecule has 3 nitrogen and oxygen atoms in total. The van der Waals surface area contributed by atoms with Gasteiger partial charge < -0.3 is 5.32 Å². The molecule has 1 aromatic rings. The Morgan fingerprint density at radius 2 is 1.80 bits per heavy atom. The number of carbonyl (C=O) groups is 1. The van der Waals surface area contributed by atoms with Gasteiger partial charge in [0.15, 0.2) is 5.11 Å². The predicted octanol–water partition coefficient (Wildman–Crippen LogP) is 3.39. The third-order valence-electron chi connectivity index (χ3n) is 7.20. The fourth-order valence-electron chi connectivity index (χ4n) is 6.42. The molecule has 0 unspecified atom stereocenters. The normalized spacial score (nSPS) is 39.4. The summed E-state index contributed by atoms with van der Waals surface area (Å²) in [5.41, 5.74) is 0.642. The van der Waals surface area contributed by atoms with Crippen LogP contribution in [0.2, 0.25) is 0 Å². The number of thiocarbonyl (C=S) groups is 1. The van der Waals surface area contributed by atoms with Gasteiger partial charge in [0.2, 0.25) is 0 Å². The van der Waals surface area contributed by atoms with Gasteiger partial charge in [0.1, 0.15) is 0 Å². The molecule has 1 amide bonds. The lowest BCUT2D eigenvalue weighted by Gasteiger charge is -2.36. The second kappa shape index (κ2) is 5.94. The highest BCUT2D eigenvalue weighted by molar-refractivity contribution is 7.80. The maximum Gasteiger partial charge on any atom is 0.257 e. The van der Waals surface area contributed by atoms with Gasteiger partial charge in [-0.1, -0.05) is 30.4 Å². The molecule has 5 rings (SSSR count). The van der Waals surface area contributed by atoms with E-state index in [1.54, 1.807) is 12.1 Å². The standard InChI is InChI=1S/C21H24N2OS/c24-20(12-4-2-1-3-5-12)23-21(25)22-11-16-9-15-10-17(16)19-14-7-6-13(8-14)18(15)19/h1-7,13-19H,8-11H2,(H2,22,23,24,25)/t13-,14+,15-,16+,17-,18+,19-/m0/s1. The molecule has 3 saturated carbocycles. The van der Waals surface area contributed by atoms with Crippen molar-refractivity contribution in [2.45, 2.75) is 19.3 Å². The average Bonchev–Trinajstić information content (AvgIpc) is 3.39. The van der Waals surface area contributed by atoms with Crippen molar-refractivity contribution in [2.75, 3.05) is 6.54 Å². The van der Waals surface area contributed by atoms with E-state index in [0.717, 1.165) is 42.1 Å². The van der Waals surface area contributed by atoms with Crippen molar-refractivity contribution in [1.82, 2.24) is 10.6 Å². The molecule has 0 aromatic heterocycles. The molecule has 0 aliphatic heterocycles. The molecule has 4 heteroatoms. The van der Waals surface area contributed by atoms with Crippen LogP contribution in [0.5, 0.6) is 0 Å². The molecule has 4 bridgehead atoms. The monoisotopic (exact) mass is 352 g/mol. The first-order chi connectivity index (χ1) is 12.2. The maximum atomic E-state index is 12.2. The third-order valence-corrected chi connectivity index (χ3v) is 7.44. The highest BCUT2D eigenvalue weighted by Crippen LogP contribution is 2.66. The maximum absolute atomic E-state index is 12.2. The van der Waals surface area contributed by atoms with Crippen LogP contribution in [0.15, 0.2) is 42.5 Å². The fourth-order valence-corrected chi connectivity index (χ4v) is 6.60. The van der Waals surface area contributed by atoms with E-state index in [1.807, 2.05) is 18.2 Å². The summed E-state index contributed by atoms with van der Waals surface area (Å²) in [6, 6.07) is 9.23. The van der Waals surface area contributed by atoms with E-state index in [9.17, 15) is 4.79 Å². The number of nitrogens with one attached hydrogen (secondary N) is 2. The number of hydrogen-bond donors (Lipinski definition) is 2. The third kappa shape index (κ3) is 2.53. The number of rotatable bonds is 3. The van der Waals surface area contributed by atoms with Crippen molar-refractivity contribution in [3.05, 3.63) is 48.0 Å². The Bertz CT molecular complexity index is 731.